The lowest BCUT2D eigenvalue weighted by Gasteiger charge is -2.19. The van der Waals surface area contributed by atoms with Gasteiger partial charge in [-0.15, -0.1) is 0 Å². The van der Waals surface area contributed by atoms with E-state index < -0.39 is 0 Å². The Kier molecular flexibility index (Phi) is 1.49. The molecule has 0 saturated heterocycles. The second kappa shape index (κ2) is 2.34. The van der Waals surface area contributed by atoms with Gasteiger partial charge in [-0.25, -0.2) is 0 Å². The predicted molar refractivity (Wildman–Crippen MR) is 48.4 cm³/mol. The van der Waals surface area contributed by atoms with Crippen LogP contribution in [0.25, 0.3) is 0 Å². The molecule has 0 unspecified atom stereocenters. The van der Waals surface area contributed by atoms with Gasteiger partial charge in [0, 0.05) is 6.20 Å². The van der Waals surface area contributed by atoms with E-state index in [1.807, 2.05) is 10.9 Å². The van der Waals surface area contributed by atoms with E-state index in [9.17, 15) is 4.79 Å². The Morgan fingerprint density at radius 3 is 2.77 bits per heavy atom. The number of rotatable bonds is 0. The lowest BCUT2D eigenvalue weighted by Crippen LogP contribution is -2.24. The second-order valence-corrected chi connectivity index (χ2v) is 4.29. The van der Waals surface area contributed by atoms with Crippen LogP contribution in [-0.2, 0) is 12.1 Å². The number of carbonyl (C=O) groups is 1. The second-order valence-electron chi connectivity index (χ2n) is 4.29. The maximum Gasteiger partial charge on any atom is 0.255 e. The zero-order valence-corrected chi connectivity index (χ0v) is 8.09. The summed E-state index contributed by atoms with van der Waals surface area (Å²) in [5.41, 5.74) is 1.53. The molecule has 2 heterocycles. The Hall–Kier alpha value is -1.32. The summed E-state index contributed by atoms with van der Waals surface area (Å²) < 4.78 is 1.84. The number of hydrogen-bond donors (Lipinski definition) is 1. The van der Waals surface area contributed by atoms with Crippen molar-refractivity contribution in [3.63, 3.8) is 0 Å². The maximum absolute atomic E-state index is 11.2. The molecule has 0 saturated carbocycles. The van der Waals surface area contributed by atoms with Crippen molar-refractivity contribution in [2.45, 2.75) is 32.9 Å². The molecule has 4 nitrogen and oxygen atoms in total. The number of nitrogens with one attached hydrogen (secondary N) is 1. The van der Waals surface area contributed by atoms with Crippen LogP contribution in [0.2, 0.25) is 0 Å². The molecule has 0 aromatic carbocycles. The Balaban J connectivity index is 2.45. The normalized spacial score (nSPS) is 15.8. The SMILES string of the molecule is CC(C)(C)n1cc2c(n1)CNC2=O. The number of carbonyl (C=O) groups excluding carboxylic acids is 1. The van der Waals surface area contributed by atoms with Crippen molar-refractivity contribution in [2.24, 2.45) is 0 Å². The fraction of sp³-hybridized carbons (Fsp3) is 0.556. The number of hydrogen-bond acceptors (Lipinski definition) is 2. The molecule has 1 N–H and O–H groups in total. The van der Waals surface area contributed by atoms with Gasteiger partial charge >= 0.3 is 0 Å². The summed E-state index contributed by atoms with van der Waals surface area (Å²) in [5, 5.41) is 7.07. The highest BCUT2D eigenvalue weighted by Crippen LogP contribution is 2.19. The van der Waals surface area contributed by atoms with Crippen LogP contribution in [0, 0.1) is 0 Å². The van der Waals surface area contributed by atoms with Gasteiger partial charge in [-0.3, -0.25) is 9.48 Å². The molecular weight excluding hydrogens is 166 g/mol. The molecule has 4 heteroatoms. The van der Waals surface area contributed by atoms with Crippen LogP contribution in [0.3, 0.4) is 0 Å². The van der Waals surface area contributed by atoms with Gasteiger partial charge in [0.05, 0.1) is 23.3 Å². The monoisotopic (exact) mass is 179 g/mol. The van der Waals surface area contributed by atoms with E-state index in [0.29, 0.717) is 6.54 Å². The average Bonchev–Trinajstić information content (AvgIpc) is 2.51. The number of amides is 1. The van der Waals surface area contributed by atoms with Gasteiger partial charge in [0.2, 0.25) is 0 Å². The number of nitrogens with zero attached hydrogens (tertiary/aromatic N) is 2. The number of fused-ring (bicyclic) bond motifs is 1. The molecular formula is C9H13N3O. The van der Waals surface area contributed by atoms with Crippen molar-refractivity contribution in [2.75, 3.05) is 0 Å². The molecule has 0 radical (unpaired) electrons. The van der Waals surface area contributed by atoms with Gasteiger partial charge in [0.25, 0.3) is 5.91 Å². The Labute approximate surface area is 76.9 Å². The largest absolute Gasteiger partial charge is 0.346 e. The van der Waals surface area contributed by atoms with Gasteiger partial charge in [0.1, 0.15) is 0 Å². The van der Waals surface area contributed by atoms with E-state index in [-0.39, 0.29) is 11.4 Å². The van der Waals surface area contributed by atoms with Crippen LogP contribution in [0.1, 0.15) is 36.8 Å². The molecule has 1 aliphatic rings. The summed E-state index contributed by atoms with van der Waals surface area (Å²) in [6.45, 7) is 6.75. The summed E-state index contributed by atoms with van der Waals surface area (Å²) in [6, 6.07) is 0. The standard InChI is InChI=1S/C9H13N3O/c1-9(2,3)12-5-6-7(11-12)4-10-8(6)13/h5H,4H2,1-3H3,(H,10,13). The third-order valence-corrected chi connectivity index (χ3v) is 2.14. The van der Waals surface area contributed by atoms with Gasteiger partial charge in [-0.1, -0.05) is 0 Å². The Morgan fingerprint density at radius 1 is 1.54 bits per heavy atom. The van der Waals surface area contributed by atoms with E-state index >= 15 is 0 Å². The molecule has 1 amide bonds. The Morgan fingerprint density at radius 2 is 2.23 bits per heavy atom. The van der Waals surface area contributed by atoms with E-state index in [1.165, 1.54) is 0 Å². The first-order valence-corrected chi connectivity index (χ1v) is 4.36. The molecule has 1 aromatic rings. The molecule has 0 fully saturated rings. The van der Waals surface area contributed by atoms with Crippen molar-refractivity contribution in [1.29, 1.82) is 0 Å². The van der Waals surface area contributed by atoms with Crippen LogP contribution >= 0.6 is 0 Å². The predicted octanol–water partition coefficient (Wildman–Crippen LogP) is 0.881. The van der Waals surface area contributed by atoms with Crippen LogP contribution < -0.4 is 5.32 Å². The van der Waals surface area contributed by atoms with Gasteiger partial charge in [0.15, 0.2) is 0 Å². The van der Waals surface area contributed by atoms with Gasteiger partial charge in [-0.05, 0) is 20.8 Å². The third-order valence-electron chi connectivity index (χ3n) is 2.14. The summed E-state index contributed by atoms with van der Waals surface area (Å²) in [7, 11) is 0. The van der Waals surface area contributed by atoms with Crippen LogP contribution in [0.4, 0.5) is 0 Å². The first-order valence-electron chi connectivity index (χ1n) is 4.36. The van der Waals surface area contributed by atoms with Crippen molar-refractivity contribution >= 4 is 5.91 Å². The molecule has 13 heavy (non-hydrogen) atoms. The fourth-order valence-corrected chi connectivity index (χ4v) is 1.33. The highest BCUT2D eigenvalue weighted by Gasteiger charge is 2.25. The molecule has 2 rings (SSSR count). The minimum Gasteiger partial charge on any atom is -0.346 e. The van der Waals surface area contributed by atoms with E-state index in [2.05, 4.69) is 31.2 Å². The fourth-order valence-electron chi connectivity index (χ4n) is 1.33. The summed E-state index contributed by atoms with van der Waals surface area (Å²) in [6.07, 6.45) is 1.82. The quantitative estimate of drug-likeness (QED) is 0.642. The minimum atomic E-state index is -0.0510. The van der Waals surface area contributed by atoms with Crippen LogP contribution in [-0.4, -0.2) is 15.7 Å². The summed E-state index contributed by atoms with van der Waals surface area (Å²) in [4.78, 5) is 11.2. The topological polar surface area (TPSA) is 46.9 Å². The molecule has 0 bridgehead atoms. The zero-order valence-electron chi connectivity index (χ0n) is 8.09. The van der Waals surface area contributed by atoms with Crippen molar-refractivity contribution in [3.8, 4) is 0 Å². The molecule has 0 spiro atoms. The third kappa shape index (κ3) is 1.22. The molecule has 1 aromatic heterocycles. The zero-order chi connectivity index (χ0) is 9.64. The molecule has 70 valence electrons. The first kappa shape index (κ1) is 8.29. The maximum atomic E-state index is 11.2. The molecule has 0 atom stereocenters. The van der Waals surface area contributed by atoms with E-state index in [1.54, 1.807) is 0 Å². The van der Waals surface area contributed by atoms with Crippen molar-refractivity contribution in [1.82, 2.24) is 15.1 Å². The highest BCUT2D eigenvalue weighted by atomic mass is 16.2. The lowest BCUT2D eigenvalue weighted by atomic mass is 10.1. The smallest absolute Gasteiger partial charge is 0.255 e. The lowest BCUT2D eigenvalue weighted by molar-refractivity contribution is 0.0964. The summed E-state index contributed by atoms with van der Waals surface area (Å²) in [5.74, 6) is -0.00880. The van der Waals surface area contributed by atoms with E-state index in [4.69, 9.17) is 0 Å². The summed E-state index contributed by atoms with van der Waals surface area (Å²) >= 11 is 0. The van der Waals surface area contributed by atoms with Gasteiger partial charge < -0.3 is 5.32 Å². The van der Waals surface area contributed by atoms with Crippen molar-refractivity contribution < 1.29 is 4.79 Å². The highest BCUT2D eigenvalue weighted by molar-refractivity contribution is 5.97. The van der Waals surface area contributed by atoms with Crippen molar-refractivity contribution in [3.05, 3.63) is 17.5 Å². The van der Waals surface area contributed by atoms with E-state index in [0.717, 1.165) is 11.3 Å². The van der Waals surface area contributed by atoms with Crippen LogP contribution in [0.5, 0.6) is 0 Å². The molecule has 0 aliphatic carbocycles. The first-order chi connectivity index (χ1) is 5.98. The van der Waals surface area contributed by atoms with Gasteiger partial charge in [-0.2, -0.15) is 5.10 Å². The number of aromatic nitrogens is 2. The Bertz CT molecular complexity index is 359. The average molecular weight is 179 g/mol. The minimum absolute atomic E-state index is 0.00880. The molecule has 1 aliphatic heterocycles. The van der Waals surface area contributed by atoms with Crippen LogP contribution in [0.15, 0.2) is 6.20 Å².